The summed E-state index contributed by atoms with van der Waals surface area (Å²) in [5.74, 6) is 0.338. The first kappa shape index (κ1) is 15.9. The largest absolute Gasteiger partial charge is 0.496 e. The van der Waals surface area contributed by atoms with Crippen molar-refractivity contribution < 1.29 is 23.8 Å². The Kier molecular flexibility index (Phi) is 4.43. The Hall–Kier alpha value is -2.93. The van der Waals surface area contributed by atoms with Gasteiger partial charge in [-0.25, -0.2) is 0 Å². The van der Waals surface area contributed by atoms with E-state index in [9.17, 15) is 9.59 Å². The average molecular weight is 349 g/mol. The Balaban J connectivity index is 1.68. The number of nitrogens with one attached hydrogen (secondary N) is 2. The maximum Gasteiger partial charge on any atom is 0.273 e. The van der Waals surface area contributed by atoms with E-state index in [2.05, 4.69) is 10.9 Å². The summed E-state index contributed by atoms with van der Waals surface area (Å²) in [6.07, 6.45) is 0. The summed E-state index contributed by atoms with van der Waals surface area (Å²) >= 11 is 5.88. The average Bonchev–Trinajstić information content (AvgIpc) is 3.06. The molecule has 2 aromatic carbocycles. The quantitative estimate of drug-likeness (QED) is 0.830. The Morgan fingerprint density at radius 2 is 1.79 bits per heavy atom. The van der Waals surface area contributed by atoms with Crippen LogP contribution in [0.2, 0.25) is 5.02 Å². The van der Waals surface area contributed by atoms with Gasteiger partial charge in [-0.05, 0) is 36.4 Å². The molecule has 1 heterocycles. The van der Waals surface area contributed by atoms with Gasteiger partial charge in [0.1, 0.15) is 5.75 Å². The Bertz CT molecular complexity index is 809. The molecule has 0 unspecified atom stereocenters. The van der Waals surface area contributed by atoms with E-state index in [4.69, 9.17) is 25.8 Å². The molecule has 8 heteroatoms. The number of halogens is 1. The summed E-state index contributed by atoms with van der Waals surface area (Å²) in [6, 6.07) is 9.33. The normalized spacial score (nSPS) is 11.8. The van der Waals surface area contributed by atoms with Crippen LogP contribution in [0.1, 0.15) is 20.7 Å². The summed E-state index contributed by atoms with van der Waals surface area (Å²) in [5.41, 5.74) is 5.17. The number of hydrogen-bond acceptors (Lipinski definition) is 5. The van der Waals surface area contributed by atoms with Crippen LogP contribution in [0.5, 0.6) is 17.2 Å². The van der Waals surface area contributed by atoms with Gasteiger partial charge in [-0.15, -0.1) is 0 Å². The number of carbonyl (C=O) groups is 2. The Morgan fingerprint density at radius 3 is 2.58 bits per heavy atom. The molecule has 2 aromatic rings. The SMILES string of the molecule is COc1ccc(Cl)cc1C(=O)NNC(=O)c1ccc2c(c1)OCO2. The molecule has 2 N–H and O–H groups in total. The van der Waals surface area contributed by atoms with Crippen molar-refractivity contribution in [1.82, 2.24) is 10.9 Å². The van der Waals surface area contributed by atoms with E-state index in [0.29, 0.717) is 27.8 Å². The number of fused-ring (bicyclic) bond motifs is 1. The first-order chi connectivity index (χ1) is 11.6. The van der Waals surface area contributed by atoms with Gasteiger partial charge in [-0.1, -0.05) is 11.6 Å². The number of methoxy groups -OCH3 is 1. The minimum absolute atomic E-state index is 0.117. The summed E-state index contributed by atoms with van der Waals surface area (Å²) in [6.45, 7) is 0.117. The fourth-order valence-electron chi connectivity index (χ4n) is 2.15. The molecule has 124 valence electrons. The van der Waals surface area contributed by atoms with Crippen LogP contribution >= 0.6 is 11.6 Å². The zero-order chi connectivity index (χ0) is 17.1. The number of ether oxygens (including phenoxy) is 3. The zero-order valence-electron chi connectivity index (χ0n) is 12.6. The highest BCUT2D eigenvalue weighted by atomic mass is 35.5. The third-order valence-corrected chi connectivity index (χ3v) is 3.57. The maximum absolute atomic E-state index is 12.2. The van der Waals surface area contributed by atoms with Gasteiger partial charge in [0, 0.05) is 10.6 Å². The number of rotatable bonds is 3. The molecule has 0 aliphatic carbocycles. The lowest BCUT2D eigenvalue weighted by atomic mass is 10.2. The highest BCUT2D eigenvalue weighted by Gasteiger charge is 2.18. The Labute approximate surface area is 142 Å². The highest BCUT2D eigenvalue weighted by molar-refractivity contribution is 6.31. The van der Waals surface area contributed by atoms with Crippen molar-refractivity contribution in [1.29, 1.82) is 0 Å². The van der Waals surface area contributed by atoms with Crippen molar-refractivity contribution in [3.8, 4) is 17.2 Å². The Morgan fingerprint density at radius 1 is 1.04 bits per heavy atom. The predicted octanol–water partition coefficient (Wildman–Crippen LogP) is 2.15. The molecule has 0 radical (unpaired) electrons. The van der Waals surface area contributed by atoms with Gasteiger partial charge >= 0.3 is 0 Å². The molecular formula is C16H13ClN2O5. The fraction of sp³-hybridized carbons (Fsp3) is 0.125. The van der Waals surface area contributed by atoms with Gasteiger partial charge in [0.2, 0.25) is 6.79 Å². The summed E-state index contributed by atoms with van der Waals surface area (Å²) in [4.78, 5) is 24.3. The second-order valence-electron chi connectivity index (χ2n) is 4.82. The minimum Gasteiger partial charge on any atom is -0.496 e. The number of hydrogen-bond donors (Lipinski definition) is 2. The molecule has 0 aromatic heterocycles. The van der Waals surface area contributed by atoms with Crippen LogP contribution in [0.15, 0.2) is 36.4 Å². The first-order valence-electron chi connectivity index (χ1n) is 6.92. The molecule has 7 nitrogen and oxygen atoms in total. The minimum atomic E-state index is -0.552. The van der Waals surface area contributed by atoms with E-state index in [1.54, 1.807) is 24.3 Å². The van der Waals surface area contributed by atoms with Crippen LogP contribution in [0.4, 0.5) is 0 Å². The molecule has 0 saturated heterocycles. The molecule has 0 spiro atoms. The van der Waals surface area contributed by atoms with Crippen molar-refractivity contribution >= 4 is 23.4 Å². The predicted molar refractivity (Wildman–Crippen MR) is 85.5 cm³/mol. The highest BCUT2D eigenvalue weighted by Crippen LogP contribution is 2.32. The van der Waals surface area contributed by atoms with Crippen LogP contribution in [0.3, 0.4) is 0 Å². The molecule has 0 saturated carbocycles. The molecule has 0 fully saturated rings. The van der Waals surface area contributed by atoms with E-state index in [-0.39, 0.29) is 12.4 Å². The van der Waals surface area contributed by atoms with Crippen LogP contribution < -0.4 is 25.1 Å². The van der Waals surface area contributed by atoms with Gasteiger partial charge in [0.15, 0.2) is 11.5 Å². The molecule has 2 amide bonds. The van der Waals surface area contributed by atoms with Gasteiger partial charge in [-0.3, -0.25) is 20.4 Å². The van der Waals surface area contributed by atoms with Crippen molar-refractivity contribution in [2.45, 2.75) is 0 Å². The van der Waals surface area contributed by atoms with E-state index in [0.717, 1.165) is 0 Å². The van der Waals surface area contributed by atoms with Crippen LogP contribution in [-0.2, 0) is 0 Å². The van der Waals surface area contributed by atoms with E-state index in [1.807, 2.05) is 0 Å². The molecule has 3 rings (SSSR count). The summed E-state index contributed by atoms with van der Waals surface area (Å²) < 4.78 is 15.5. The van der Waals surface area contributed by atoms with Crippen LogP contribution in [0, 0.1) is 0 Å². The monoisotopic (exact) mass is 348 g/mol. The smallest absolute Gasteiger partial charge is 0.273 e. The third kappa shape index (κ3) is 3.21. The molecular weight excluding hydrogens is 336 g/mol. The lowest BCUT2D eigenvalue weighted by molar-refractivity contribution is 0.0845. The maximum atomic E-state index is 12.2. The van der Waals surface area contributed by atoms with E-state index < -0.39 is 11.8 Å². The summed E-state index contributed by atoms with van der Waals surface area (Å²) in [5, 5.41) is 0.378. The molecule has 0 bridgehead atoms. The van der Waals surface area contributed by atoms with Gasteiger partial charge in [0.25, 0.3) is 11.8 Å². The first-order valence-corrected chi connectivity index (χ1v) is 7.30. The van der Waals surface area contributed by atoms with Crippen molar-refractivity contribution in [2.24, 2.45) is 0 Å². The third-order valence-electron chi connectivity index (χ3n) is 3.33. The number of carbonyl (C=O) groups excluding carboxylic acids is 2. The van der Waals surface area contributed by atoms with Gasteiger partial charge in [-0.2, -0.15) is 0 Å². The number of benzene rings is 2. The lowest BCUT2D eigenvalue weighted by Crippen LogP contribution is -2.41. The van der Waals surface area contributed by atoms with Gasteiger partial charge in [0.05, 0.1) is 12.7 Å². The summed E-state index contributed by atoms with van der Waals surface area (Å²) in [7, 11) is 1.44. The molecule has 1 aliphatic rings. The number of hydrazine groups is 1. The fourth-order valence-corrected chi connectivity index (χ4v) is 2.32. The van der Waals surface area contributed by atoms with Crippen molar-refractivity contribution in [2.75, 3.05) is 13.9 Å². The topological polar surface area (TPSA) is 85.9 Å². The molecule has 1 aliphatic heterocycles. The molecule has 0 atom stereocenters. The standard InChI is InChI=1S/C16H13ClN2O5/c1-22-12-5-3-10(17)7-11(12)16(21)19-18-15(20)9-2-4-13-14(6-9)24-8-23-13/h2-7H,8H2,1H3,(H,18,20)(H,19,21). The van der Waals surface area contributed by atoms with E-state index in [1.165, 1.54) is 19.2 Å². The second kappa shape index (κ2) is 6.67. The zero-order valence-corrected chi connectivity index (χ0v) is 13.3. The van der Waals surface area contributed by atoms with Crippen LogP contribution in [-0.4, -0.2) is 25.7 Å². The molecule has 24 heavy (non-hydrogen) atoms. The van der Waals surface area contributed by atoms with Crippen molar-refractivity contribution in [3.63, 3.8) is 0 Å². The lowest BCUT2D eigenvalue weighted by Gasteiger charge is -2.11. The second-order valence-corrected chi connectivity index (χ2v) is 5.26. The van der Waals surface area contributed by atoms with Gasteiger partial charge < -0.3 is 14.2 Å². The van der Waals surface area contributed by atoms with Crippen molar-refractivity contribution in [3.05, 3.63) is 52.5 Å². The number of amides is 2. The van der Waals surface area contributed by atoms with E-state index >= 15 is 0 Å². The van der Waals surface area contributed by atoms with Crippen LogP contribution in [0.25, 0.3) is 0 Å².